The Labute approximate surface area is 137 Å². The van der Waals surface area contributed by atoms with Crippen molar-refractivity contribution in [3.05, 3.63) is 58.6 Å². The molecule has 0 aliphatic rings. The average molecular weight is 363 g/mol. The Bertz CT molecular complexity index is 657. The van der Waals surface area contributed by atoms with E-state index >= 15 is 0 Å². The molecule has 0 fully saturated rings. The van der Waals surface area contributed by atoms with E-state index in [1.54, 1.807) is 25.5 Å². The molecule has 0 saturated heterocycles. The quantitative estimate of drug-likeness (QED) is 0.634. The number of hydrogen-bond donors (Lipinski definition) is 1. The molecule has 2 rings (SSSR count). The minimum absolute atomic E-state index is 0.100. The molecule has 22 heavy (non-hydrogen) atoms. The van der Waals surface area contributed by atoms with Crippen LogP contribution in [0.15, 0.2) is 58.1 Å². The maximum absolute atomic E-state index is 11.6. The van der Waals surface area contributed by atoms with Crippen LogP contribution < -0.4 is 14.9 Å². The van der Waals surface area contributed by atoms with Gasteiger partial charge in [0.15, 0.2) is 6.61 Å². The van der Waals surface area contributed by atoms with Gasteiger partial charge in [0.1, 0.15) is 11.5 Å². The number of methoxy groups -OCH3 is 1. The third-order valence-electron chi connectivity index (χ3n) is 2.68. The fourth-order valence-corrected chi connectivity index (χ4v) is 1.88. The van der Waals surface area contributed by atoms with Crippen LogP contribution in [0.25, 0.3) is 0 Å². The first-order valence-electron chi connectivity index (χ1n) is 6.52. The number of hydrogen-bond acceptors (Lipinski definition) is 4. The average Bonchev–Trinajstić information content (AvgIpc) is 2.54. The fraction of sp³-hybridized carbons (Fsp3) is 0.125. The third kappa shape index (κ3) is 5.21. The number of rotatable bonds is 6. The van der Waals surface area contributed by atoms with Gasteiger partial charge >= 0.3 is 0 Å². The zero-order valence-corrected chi connectivity index (χ0v) is 13.5. The number of ether oxygens (including phenoxy) is 2. The van der Waals surface area contributed by atoms with Gasteiger partial charge in [-0.3, -0.25) is 4.79 Å². The summed E-state index contributed by atoms with van der Waals surface area (Å²) in [6.07, 6.45) is 1.54. The van der Waals surface area contributed by atoms with Gasteiger partial charge in [-0.05, 0) is 42.0 Å². The first-order valence-corrected chi connectivity index (χ1v) is 7.31. The van der Waals surface area contributed by atoms with Crippen molar-refractivity contribution in [2.45, 2.75) is 0 Å². The molecular weight excluding hydrogens is 348 g/mol. The summed E-state index contributed by atoms with van der Waals surface area (Å²) in [6.45, 7) is -0.100. The highest BCUT2D eigenvalue weighted by molar-refractivity contribution is 9.10. The van der Waals surface area contributed by atoms with Crippen molar-refractivity contribution in [1.29, 1.82) is 0 Å². The van der Waals surface area contributed by atoms with Crippen LogP contribution in [0.3, 0.4) is 0 Å². The second kappa shape index (κ2) is 8.19. The molecule has 0 atom stereocenters. The van der Waals surface area contributed by atoms with E-state index in [4.69, 9.17) is 9.47 Å². The Balaban J connectivity index is 1.79. The van der Waals surface area contributed by atoms with Crippen LogP contribution >= 0.6 is 15.9 Å². The summed E-state index contributed by atoms with van der Waals surface area (Å²) in [5, 5.41) is 3.88. The van der Waals surface area contributed by atoms with Crippen LogP contribution in [0.5, 0.6) is 11.5 Å². The molecule has 114 valence electrons. The largest absolute Gasteiger partial charge is 0.497 e. The molecule has 0 spiro atoms. The van der Waals surface area contributed by atoms with Gasteiger partial charge in [-0.25, -0.2) is 5.43 Å². The van der Waals surface area contributed by atoms with Crippen LogP contribution in [-0.2, 0) is 4.79 Å². The summed E-state index contributed by atoms with van der Waals surface area (Å²) in [5.74, 6) is 1.02. The van der Waals surface area contributed by atoms with Crippen molar-refractivity contribution < 1.29 is 14.3 Å². The molecule has 0 radical (unpaired) electrons. The van der Waals surface area contributed by atoms with E-state index in [9.17, 15) is 4.79 Å². The summed E-state index contributed by atoms with van der Waals surface area (Å²) in [7, 11) is 1.59. The molecule has 0 saturated carbocycles. The SMILES string of the molecule is COc1cccc(/C=N/NC(=O)COc2ccc(Br)cc2)c1. The molecule has 0 aliphatic heterocycles. The molecular formula is C16H15BrN2O3. The van der Waals surface area contributed by atoms with E-state index in [1.807, 2.05) is 36.4 Å². The predicted octanol–water partition coefficient (Wildman–Crippen LogP) is 2.99. The topological polar surface area (TPSA) is 59.9 Å². The first kappa shape index (κ1) is 16.0. The molecule has 2 aromatic rings. The molecule has 1 N–H and O–H groups in total. The van der Waals surface area contributed by atoms with Crippen LogP contribution in [0.4, 0.5) is 0 Å². The highest BCUT2D eigenvalue weighted by atomic mass is 79.9. The number of nitrogens with one attached hydrogen (secondary N) is 1. The van der Waals surface area contributed by atoms with E-state index in [2.05, 4.69) is 26.5 Å². The third-order valence-corrected chi connectivity index (χ3v) is 3.21. The number of halogens is 1. The number of nitrogens with zero attached hydrogens (tertiary/aromatic N) is 1. The zero-order chi connectivity index (χ0) is 15.8. The Kier molecular flexibility index (Phi) is 5.97. The summed E-state index contributed by atoms with van der Waals surface area (Å²) >= 11 is 3.33. The molecule has 1 amide bonds. The minimum Gasteiger partial charge on any atom is -0.497 e. The molecule has 0 aliphatic carbocycles. The molecule has 0 aromatic heterocycles. The summed E-state index contributed by atoms with van der Waals surface area (Å²) in [6, 6.07) is 14.6. The minimum atomic E-state index is -0.331. The maximum Gasteiger partial charge on any atom is 0.277 e. The standard InChI is InChI=1S/C16H15BrN2O3/c1-21-15-4-2-3-12(9-15)10-18-19-16(20)11-22-14-7-5-13(17)6-8-14/h2-10H,11H2,1H3,(H,19,20)/b18-10+. The van der Waals surface area contributed by atoms with Crippen LogP contribution in [-0.4, -0.2) is 25.8 Å². The molecule has 0 unspecified atom stereocenters. The molecule has 5 nitrogen and oxygen atoms in total. The van der Waals surface area contributed by atoms with Crippen molar-refractivity contribution in [1.82, 2.24) is 5.43 Å². The van der Waals surface area contributed by atoms with Gasteiger partial charge < -0.3 is 9.47 Å². The predicted molar refractivity (Wildman–Crippen MR) is 88.4 cm³/mol. The van der Waals surface area contributed by atoms with Gasteiger partial charge in [-0.15, -0.1) is 0 Å². The van der Waals surface area contributed by atoms with Gasteiger partial charge in [-0.2, -0.15) is 5.10 Å². The van der Waals surface area contributed by atoms with E-state index in [0.29, 0.717) is 5.75 Å². The summed E-state index contributed by atoms with van der Waals surface area (Å²) in [5.41, 5.74) is 3.23. The lowest BCUT2D eigenvalue weighted by atomic mass is 10.2. The Morgan fingerprint density at radius 2 is 2.00 bits per heavy atom. The maximum atomic E-state index is 11.6. The number of amides is 1. The van der Waals surface area contributed by atoms with E-state index in [-0.39, 0.29) is 12.5 Å². The number of carbonyl (C=O) groups is 1. The lowest BCUT2D eigenvalue weighted by molar-refractivity contribution is -0.123. The molecule has 6 heteroatoms. The van der Waals surface area contributed by atoms with Gasteiger partial charge in [0.2, 0.25) is 0 Å². The number of carbonyl (C=O) groups excluding carboxylic acids is 1. The van der Waals surface area contributed by atoms with Crippen molar-refractivity contribution in [2.24, 2.45) is 5.10 Å². The van der Waals surface area contributed by atoms with Crippen LogP contribution in [0.2, 0.25) is 0 Å². The lowest BCUT2D eigenvalue weighted by Crippen LogP contribution is -2.24. The van der Waals surface area contributed by atoms with Gasteiger partial charge in [0, 0.05) is 4.47 Å². The Hall–Kier alpha value is -2.34. The molecule has 2 aromatic carbocycles. The fourth-order valence-electron chi connectivity index (χ4n) is 1.61. The monoisotopic (exact) mass is 362 g/mol. The highest BCUT2D eigenvalue weighted by Crippen LogP contribution is 2.15. The van der Waals surface area contributed by atoms with Crippen LogP contribution in [0.1, 0.15) is 5.56 Å². The summed E-state index contributed by atoms with van der Waals surface area (Å²) in [4.78, 5) is 11.6. The van der Waals surface area contributed by atoms with Crippen LogP contribution in [0, 0.1) is 0 Å². The number of hydrazone groups is 1. The van der Waals surface area contributed by atoms with Gasteiger partial charge in [0.25, 0.3) is 5.91 Å². The smallest absolute Gasteiger partial charge is 0.277 e. The summed E-state index contributed by atoms with van der Waals surface area (Å²) < 4.78 is 11.4. The zero-order valence-electron chi connectivity index (χ0n) is 12.0. The van der Waals surface area contributed by atoms with E-state index in [0.717, 1.165) is 15.8 Å². The normalized spacial score (nSPS) is 10.5. The van der Waals surface area contributed by atoms with E-state index in [1.165, 1.54) is 0 Å². The van der Waals surface area contributed by atoms with Gasteiger partial charge in [0.05, 0.1) is 13.3 Å². The Morgan fingerprint density at radius 1 is 1.23 bits per heavy atom. The molecule has 0 heterocycles. The molecule has 0 bridgehead atoms. The Morgan fingerprint density at radius 3 is 2.73 bits per heavy atom. The number of benzene rings is 2. The van der Waals surface area contributed by atoms with Crippen molar-refractivity contribution in [3.63, 3.8) is 0 Å². The second-order valence-corrected chi connectivity index (χ2v) is 5.23. The highest BCUT2D eigenvalue weighted by Gasteiger charge is 2.01. The van der Waals surface area contributed by atoms with Gasteiger partial charge in [-0.1, -0.05) is 28.1 Å². The van der Waals surface area contributed by atoms with Crippen molar-refractivity contribution in [2.75, 3.05) is 13.7 Å². The van der Waals surface area contributed by atoms with E-state index < -0.39 is 0 Å². The van der Waals surface area contributed by atoms with Crippen molar-refractivity contribution in [3.8, 4) is 11.5 Å². The lowest BCUT2D eigenvalue weighted by Gasteiger charge is -2.04. The first-order chi connectivity index (χ1) is 10.7. The van der Waals surface area contributed by atoms with Crippen molar-refractivity contribution >= 4 is 28.1 Å². The second-order valence-electron chi connectivity index (χ2n) is 4.31.